The van der Waals surface area contributed by atoms with E-state index in [2.05, 4.69) is 41.7 Å². The molecule has 0 aromatic heterocycles. The van der Waals surface area contributed by atoms with Crippen LogP contribution in [0.5, 0.6) is 5.75 Å². The highest BCUT2D eigenvalue weighted by Crippen LogP contribution is 2.49. The predicted molar refractivity (Wildman–Crippen MR) is 86.1 cm³/mol. The summed E-state index contributed by atoms with van der Waals surface area (Å²) >= 11 is 0. The zero-order valence-electron chi connectivity index (χ0n) is 12.8. The van der Waals surface area contributed by atoms with Gasteiger partial charge in [-0.25, -0.2) is 0 Å². The number of ether oxygens (including phenoxy) is 2. The van der Waals surface area contributed by atoms with Gasteiger partial charge in [-0.05, 0) is 41.8 Å². The second-order valence-corrected chi connectivity index (χ2v) is 5.70. The van der Waals surface area contributed by atoms with Gasteiger partial charge in [-0.1, -0.05) is 30.3 Å². The number of fused-ring (bicyclic) bond motifs is 1. The first-order chi connectivity index (χ1) is 10.3. The minimum absolute atomic E-state index is 0.677. The van der Waals surface area contributed by atoms with Crippen molar-refractivity contribution in [2.24, 2.45) is 5.92 Å². The fraction of sp³-hybridized carbons (Fsp3) is 0.444. The number of benzene rings is 2. The first-order valence-corrected chi connectivity index (χ1v) is 7.60. The molecule has 0 radical (unpaired) electrons. The molecule has 21 heavy (non-hydrogen) atoms. The van der Waals surface area contributed by atoms with E-state index in [9.17, 15) is 0 Å². The molecule has 1 N–H and O–H groups in total. The maximum absolute atomic E-state index is 5.48. The molecule has 0 heterocycles. The Morgan fingerprint density at radius 3 is 2.67 bits per heavy atom. The lowest BCUT2D eigenvalue weighted by atomic mass is 9.99. The fourth-order valence-electron chi connectivity index (χ4n) is 3.11. The van der Waals surface area contributed by atoms with Crippen LogP contribution in [0.1, 0.15) is 17.9 Å². The molecule has 3 nitrogen and oxygen atoms in total. The van der Waals surface area contributed by atoms with Gasteiger partial charge in [0.15, 0.2) is 0 Å². The van der Waals surface area contributed by atoms with Crippen LogP contribution in [-0.2, 0) is 4.74 Å². The topological polar surface area (TPSA) is 30.5 Å². The van der Waals surface area contributed by atoms with Gasteiger partial charge in [-0.3, -0.25) is 0 Å². The molecule has 1 aliphatic carbocycles. The van der Waals surface area contributed by atoms with Crippen LogP contribution in [0.2, 0.25) is 0 Å². The van der Waals surface area contributed by atoms with Gasteiger partial charge in [0.2, 0.25) is 0 Å². The maximum Gasteiger partial charge on any atom is 0.126 e. The Labute approximate surface area is 126 Å². The highest BCUT2D eigenvalue weighted by molar-refractivity contribution is 5.91. The molecule has 2 unspecified atom stereocenters. The third-order valence-corrected chi connectivity index (χ3v) is 4.35. The minimum atomic E-state index is 0.677. The van der Waals surface area contributed by atoms with E-state index in [1.807, 2.05) is 0 Å². The second kappa shape index (κ2) is 6.46. The first kappa shape index (κ1) is 14.4. The predicted octanol–water partition coefficient (Wildman–Crippen LogP) is 3.19. The summed E-state index contributed by atoms with van der Waals surface area (Å²) in [5, 5.41) is 6.02. The normalized spacial score (nSPS) is 20.7. The summed E-state index contributed by atoms with van der Waals surface area (Å²) in [6.45, 7) is 2.79. The highest BCUT2D eigenvalue weighted by atomic mass is 16.5. The van der Waals surface area contributed by atoms with Crippen LogP contribution in [0, 0.1) is 5.92 Å². The minimum Gasteiger partial charge on any atom is -0.496 e. The Balaban J connectivity index is 1.74. The van der Waals surface area contributed by atoms with Crippen LogP contribution in [0.15, 0.2) is 36.4 Å². The van der Waals surface area contributed by atoms with Crippen molar-refractivity contribution in [3.05, 3.63) is 42.0 Å². The SMILES string of the molecule is COCCNCC1CC1c1ccc(OC)c2ccccc12. The molecule has 1 fully saturated rings. The molecule has 2 aromatic carbocycles. The van der Waals surface area contributed by atoms with Crippen molar-refractivity contribution in [2.45, 2.75) is 12.3 Å². The van der Waals surface area contributed by atoms with E-state index in [-0.39, 0.29) is 0 Å². The largest absolute Gasteiger partial charge is 0.496 e. The molecule has 112 valence electrons. The van der Waals surface area contributed by atoms with Crippen LogP contribution in [0.3, 0.4) is 0 Å². The summed E-state index contributed by atoms with van der Waals surface area (Å²) in [7, 11) is 3.48. The number of rotatable bonds is 7. The van der Waals surface area contributed by atoms with Gasteiger partial charge in [-0.15, -0.1) is 0 Å². The monoisotopic (exact) mass is 285 g/mol. The van der Waals surface area contributed by atoms with Gasteiger partial charge >= 0.3 is 0 Å². The summed E-state index contributed by atoms with van der Waals surface area (Å²) in [5.74, 6) is 2.39. The molecule has 2 atom stereocenters. The van der Waals surface area contributed by atoms with Crippen LogP contribution in [0.25, 0.3) is 10.8 Å². The quantitative estimate of drug-likeness (QED) is 0.793. The van der Waals surface area contributed by atoms with Crippen molar-refractivity contribution in [3.8, 4) is 5.75 Å². The molecule has 0 aliphatic heterocycles. The summed E-state index contributed by atoms with van der Waals surface area (Å²) in [6.07, 6.45) is 1.27. The number of methoxy groups -OCH3 is 2. The molecule has 2 aromatic rings. The first-order valence-electron chi connectivity index (χ1n) is 7.60. The summed E-state index contributed by atoms with van der Waals surface area (Å²) in [5.41, 5.74) is 1.46. The standard InChI is InChI=1S/C18H23NO2/c1-20-10-9-19-12-13-11-17(13)15-7-8-18(21-2)16-6-4-3-5-14(15)16/h3-8,13,17,19H,9-12H2,1-2H3. The van der Waals surface area contributed by atoms with Gasteiger partial charge in [0.05, 0.1) is 13.7 Å². The molecule has 1 saturated carbocycles. The van der Waals surface area contributed by atoms with Gasteiger partial charge < -0.3 is 14.8 Å². The smallest absolute Gasteiger partial charge is 0.126 e. The van der Waals surface area contributed by atoms with Crippen molar-refractivity contribution in [3.63, 3.8) is 0 Å². The molecule has 3 rings (SSSR count). The Morgan fingerprint density at radius 2 is 1.90 bits per heavy atom. The zero-order chi connectivity index (χ0) is 14.7. The summed E-state index contributed by atoms with van der Waals surface area (Å²) < 4.78 is 10.5. The molecule has 1 aliphatic rings. The lowest BCUT2D eigenvalue weighted by molar-refractivity contribution is 0.199. The van der Waals surface area contributed by atoms with E-state index in [4.69, 9.17) is 9.47 Å². The van der Waals surface area contributed by atoms with E-state index in [0.717, 1.165) is 31.4 Å². The fourth-order valence-corrected chi connectivity index (χ4v) is 3.11. The zero-order valence-corrected chi connectivity index (χ0v) is 12.8. The molecule has 0 amide bonds. The number of hydrogen-bond donors (Lipinski definition) is 1. The van der Waals surface area contributed by atoms with Crippen molar-refractivity contribution < 1.29 is 9.47 Å². The number of nitrogens with one attached hydrogen (secondary N) is 1. The Hall–Kier alpha value is -1.58. The Bertz CT molecular complexity index is 611. The second-order valence-electron chi connectivity index (χ2n) is 5.70. The molecule has 0 saturated heterocycles. The van der Waals surface area contributed by atoms with Gasteiger partial charge in [0, 0.05) is 19.0 Å². The van der Waals surface area contributed by atoms with E-state index < -0.39 is 0 Å². The van der Waals surface area contributed by atoms with Crippen molar-refractivity contribution >= 4 is 10.8 Å². The van der Waals surface area contributed by atoms with E-state index in [0.29, 0.717) is 5.92 Å². The Kier molecular flexibility index (Phi) is 4.42. The van der Waals surface area contributed by atoms with Crippen LogP contribution < -0.4 is 10.1 Å². The summed E-state index contributed by atoms with van der Waals surface area (Å²) in [4.78, 5) is 0. The van der Waals surface area contributed by atoms with Gasteiger partial charge in [-0.2, -0.15) is 0 Å². The molecule has 0 spiro atoms. The lowest BCUT2D eigenvalue weighted by Gasteiger charge is -2.10. The van der Waals surface area contributed by atoms with Crippen molar-refractivity contribution in [1.82, 2.24) is 5.32 Å². The highest BCUT2D eigenvalue weighted by Gasteiger charge is 2.38. The lowest BCUT2D eigenvalue weighted by Crippen LogP contribution is -2.21. The average Bonchev–Trinajstić information content (AvgIpc) is 3.30. The summed E-state index contributed by atoms with van der Waals surface area (Å²) in [6, 6.07) is 12.9. The molecular formula is C18H23NO2. The van der Waals surface area contributed by atoms with Crippen molar-refractivity contribution in [2.75, 3.05) is 33.9 Å². The van der Waals surface area contributed by atoms with Gasteiger partial charge in [0.1, 0.15) is 5.75 Å². The van der Waals surface area contributed by atoms with E-state index in [1.54, 1.807) is 14.2 Å². The van der Waals surface area contributed by atoms with Gasteiger partial charge in [0.25, 0.3) is 0 Å². The van der Waals surface area contributed by atoms with Crippen LogP contribution >= 0.6 is 0 Å². The van der Waals surface area contributed by atoms with Crippen LogP contribution in [-0.4, -0.2) is 33.9 Å². The molecule has 3 heteroatoms. The average molecular weight is 285 g/mol. The third kappa shape index (κ3) is 3.04. The third-order valence-electron chi connectivity index (χ3n) is 4.35. The van der Waals surface area contributed by atoms with Crippen LogP contribution in [0.4, 0.5) is 0 Å². The van der Waals surface area contributed by atoms with E-state index >= 15 is 0 Å². The van der Waals surface area contributed by atoms with Crippen molar-refractivity contribution in [1.29, 1.82) is 0 Å². The molecule has 0 bridgehead atoms. The number of hydrogen-bond acceptors (Lipinski definition) is 3. The Morgan fingerprint density at radius 1 is 1.10 bits per heavy atom. The maximum atomic E-state index is 5.48. The van der Waals surface area contributed by atoms with E-state index in [1.165, 1.54) is 22.8 Å². The molecular weight excluding hydrogens is 262 g/mol.